The zero-order chi connectivity index (χ0) is 18.1. The van der Waals surface area contributed by atoms with Crippen LogP contribution in [0, 0.1) is 18.6 Å². The third-order valence-electron chi connectivity index (χ3n) is 3.96. The molecule has 3 rings (SSSR count). The van der Waals surface area contributed by atoms with E-state index in [0.717, 1.165) is 6.07 Å². The number of ether oxygens (including phenoxy) is 1. The Kier molecular flexibility index (Phi) is 4.63. The SMILES string of the molecule is COC(=O)C1=C(C)NC(c2nccs2)=N[C@H]1c1ccc(F)c(F)c1C. The molecule has 1 aliphatic heterocycles. The summed E-state index contributed by atoms with van der Waals surface area (Å²) in [6.45, 7) is 3.16. The molecule has 0 aliphatic carbocycles. The Labute approximate surface area is 147 Å². The molecule has 0 bridgehead atoms. The van der Waals surface area contributed by atoms with Crippen LogP contribution in [0.1, 0.15) is 29.1 Å². The second kappa shape index (κ2) is 6.72. The fraction of sp³-hybridized carbons (Fsp3) is 0.235. The molecule has 25 heavy (non-hydrogen) atoms. The van der Waals surface area contributed by atoms with Crippen molar-refractivity contribution in [1.82, 2.24) is 10.3 Å². The number of aliphatic imine (C=N–C) groups is 1. The molecule has 5 nitrogen and oxygen atoms in total. The van der Waals surface area contributed by atoms with E-state index in [1.165, 1.54) is 31.4 Å². The Morgan fingerprint density at radius 3 is 2.72 bits per heavy atom. The first-order valence-corrected chi connectivity index (χ1v) is 8.30. The van der Waals surface area contributed by atoms with Crippen molar-refractivity contribution >= 4 is 23.1 Å². The highest BCUT2D eigenvalue weighted by Crippen LogP contribution is 2.35. The molecule has 1 atom stereocenters. The number of carbonyl (C=O) groups is 1. The summed E-state index contributed by atoms with van der Waals surface area (Å²) >= 11 is 1.38. The molecule has 0 saturated heterocycles. The van der Waals surface area contributed by atoms with Crippen molar-refractivity contribution in [3.05, 3.63) is 62.7 Å². The summed E-state index contributed by atoms with van der Waals surface area (Å²) in [5.74, 6) is -2.01. The third kappa shape index (κ3) is 3.05. The van der Waals surface area contributed by atoms with Gasteiger partial charge >= 0.3 is 5.97 Å². The van der Waals surface area contributed by atoms with Crippen LogP contribution in [0.3, 0.4) is 0 Å². The average Bonchev–Trinajstić information content (AvgIpc) is 3.13. The summed E-state index contributed by atoms with van der Waals surface area (Å²) in [5.41, 5.74) is 1.27. The topological polar surface area (TPSA) is 63.6 Å². The lowest BCUT2D eigenvalue weighted by Gasteiger charge is -2.26. The lowest BCUT2D eigenvalue weighted by atomic mass is 9.92. The first kappa shape index (κ1) is 17.2. The first-order valence-electron chi connectivity index (χ1n) is 7.42. The number of nitrogens with zero attached hydrogens (tertiary/aromatic N) is 2. The zero-order valence-electron chi connectivity index (χ0n) is 13.8. The summed E-state index contributed by atoms with van der Waals surface area (Å²) in [4.78, 5) is 21.0. The summed E-state index contributed by atoms with van der Waals surface area (Å²) < 4.78 is 32.4. The maximum absolute atomic E-state index is 14.0. The van der Waals surface area contributed by atoms with Gasteiger partial charge in [-0.3, -0.25) is 4.99 Å². The highest BCUT2D eigenvalue weighted by atomic mass is 32.1. The number of hydrogen-bond acceptors (Lipinski definition) is 6. The van der Waals surface area contributed by atoms with E-state index in [-0.39, 0.29) is 11.1 Å². The van der Waals surface area contributed by atoms with Gasteiger partial charge in [0.05, 0.1) is 12.7 Å². The normalized spacial score (nSPS) is 17.2. The number of aromatic nitrogens is 1. The van der Waals surface area contributed by atoms with Gasteiger partial charge in [0.15, 0.2) is 22.5 Å². The van der Waals surface area contributed by atoms with Crippen LogP contribution in [0.2, 0.25) is 0 Å². The predicted molar refractivity (Wildman–Crippen MR) is 90.3 cm³/mol. The van der Waals surface area contributed by atoms with Gasteiger partial charge in [-0.25, -0.2) is 18.6 Å². The van der Waals surface area contributed by atoms with Crippen LogP contribution in [0.15, 0.2) is 40.0 Å². The van der Waals surface area contributed by atoms with E-state index in [1.807, 2.05) is 0 Å². The largest absolute Gasteiger partial charge is 0.466 e. The minimum Gasteiger partial charge on any atom is -0.466 e. The second-order valence-electron chi connectivity index (χ2n) is 5.45. The molecule has 0 saturated carbocycles. The number of hydrogen-bond donors (Lipinski definition) is 1. The van der Waals surface area contributed by atoms with Crippen molar-refractivity contribution in [3.63, 3.8) is 0 Å². The van der Waals surface area contributed by atoms with Crippen molar-refractivity contribution in [2.75, 3.05) is 7.11 Å². The molecule has 0 fully saturated rings. The van der Waals surface area contributed by atoms with Gasteiger partial charge in [-0.15, -0.1) is 11.3 Å². The number of allylic oxidation sites excluding steroid dienone is 1. The number of benzene rings is 1. The number of rotatable bonds is 3. The molecule has 0 spiro atoms. The molecule has 130 valence electrons. The molecule has 0 radical (unpaired) electrons. The van der Waals surface area contributed by atoms with Gasteiger partial charge in [0.2, 0.25) is 0 Å². The van der Waals surface area contributed by atoms with Gasteiger partial charge in [0.1, 0.15) is 6.04 Å². The van der Waals surface area contributed by atoms with E-state index >= 15 is 0 Å². The second-order valence-corrected chi connectivity index (χ2v) is 6.34. The van der Waals surface area contributed by atoms with Crippen LogP contribution in [0.4, 0.5) is 8.78 Å². The van der Waals surface area contributed by atoms with E-state index in [4.69, 9.17) is 4.74 Å². The molecule has 2 aromatic rings. The van der Waals surface area contributed by atoms with Crippen molar-refractivity contribution in [2.24, 2.45) is 4.99 Å². The molecule has 1 aliphatic rings. The first-order chi connectivity index (χ1) is 11.9. The lowest BCUT2D eigenvalue weighted by molar-refractivity contribution is -0.136. The molecule has 0 amide bonds. The average molecular weight is 363 g/mol. The number of amidine groups is 1. The Hall–Kier alpha value is -2.61. The summed E-state index contributed by atoms with van der Waals surface area (Å²) in [6, 6.07) is 1.65. The number of nitrogens with one attached hydrogen (secondary N) is 1. The summed E-state index contributed by atoms with van der Waals surface area (Å²) in [7, 11) is 1.26. The van der Waals surface area contributed by atoms with Crippen LogP contribution in [-0.2, 0) is 9.53 Å². The maximum atomic E-state index is 14.0. The Balaban J connectivity index is 2.18. The highest BCUT2D eigenvalue weighted by Gasteiger charge is 2.32. The van der Waals surface area contributed by atoms with Crippen LogP contribution in [-0.4, -0.2) is 23.9 Å². The molecule has 1 aromatic carbocycles. The van der Waals surface area contributed by atoms with Gasteiger partial charge in [-0.05, 0) is 31.0 Å². The summed E-state index contributed by atoms with van der Waals surface area (Å²) in [6.07, 6.45) is 1.64. The molecule has 8 heteroatoms. The predicted octanol–water partition coefficient (Wildman–Crippen LogP) is 3.27. The molecular weight excluding hydrogens is 348 g/mol. The molecule has 1 N–H and O–H groups in total. The molecule has 2 heterocycles. The van der Waals surface area contributed by atoms with Gasteiger partial charge < -0.3 is 10.1 Å². The van der Waals surface area contributed by atoms with E-state index < -0.39 is 23.6 Å². The minimum atomic E-state index is -0.955. The van der Waals surface area contributed by atoms with E-state index in [2.05, 4.69) is 15.3 Å². The molecule has 1 aromatic heterocycles. The van der Waals surface area contributed by atoms with Crippen molar-refractivity contribution < 1.29 is 18.3 Å². The lowest BCUT2D eigenvalue weighted by Crippen LogP contribution is -2.32. The van der Waals surface area contributed by atoms with E-state index in [0.29, 0.717) is 22.1 Å². The smallest absolute Gasteiger partial charge is 0.338 e. The number of esters is 1. The minimum absolute atomic E-state index is 0.100. The van der Waals surface area contributed by atoms with Crippen LogP contribution in [0.5, 0.6) is 0 Å². The quantitative estimate of drug-likeness (QED) is 0.850. The van der Waals surface area contributed by atoms with E-state index in [9.17, 15) is 13.6 Å². The standard InChI is InChI=1S/C17H15F2N3O2S/c1-8-10(4-5-11(18)13(8)19)14-12(17(23)24-3)9(2)21-15(22-14)16-20-6-7-25-16/h4-7,14H,1-3H3,(H,21,22)/t14-/m0/s1. The fourth-order valence-corrected chi connectivity index (χ4v) is 3.28. The number of methoxy groups -OCH3 is 1. The third-order valence-corrected chi connectivity index (χ3v) is 4.74. The monoisotopic (exact) mass is 363 g/mol. The van der Waals surface area contributed by atoms with Crippen LogP contribution < -0.4 is 5.32 Å². The Bertz CT molecular complexity index is 892. The molecular formula is C17H15F2N3O2S. The number of carbonyl (C=O) groups excluding carboxylic acids is 1. The van der Waals surface area contributed by atoms with Gasteiger partial charge in [0.25, 0.3) is 0 Å². The maximum Gasteiger partial charge on any atom is 0.338 e. The highest BCUT2D eigenvalue weighted by molar-refractivity contribution is 7.11. The van der Waals surface area contributed by atoms with Crippen LogP contribution in [0.25, 0.3) is 0 Å². The van der Waals surface area contributed by atoms with Crippen molar-refractivity contribution in [2.45, 2.75) is 19.9 Å². The fourth-order valence-electron chi connectivity index (χ4n) is 2.69. The zero-order valence-corrected chi connectivity index (χ0v) is 14.6. The Morgan fingerprint density at radius 2 is 2.08 bits per heavy atom. The van der Waals surface area contributed by atoms with Gasteiger partial charge in [-0.1, -0.05) is 6.07 Å². The van der Waals surface area contributed by atoms with Crippen LogP contribution >= 0.6 is 11.3 Å². The van der Waals surface area contributed by atoms with Gasteiger partial charge in [0, 0.05) is 17.3 Å². The Morgan fingerprint density at radius 1 is 1.32 bits per heavy atom. The number of halogens is 2. The van der Waals surface area contributed by atoms with E-state index in [1.54, 1.807) is 18.5 Å². The van der Waals surface area contributed by atoms with Gasteiger partial charge in [-0.2, -0.15) is 0 Å². The number of thiazole rings is 1. The van der Waals surface area contributed by atoms with Crippen molar-refractivity contribution in [3.8, 4) is 0 Å². The van der Waals surface area contributed by atoms with Crippen molar-refractivity contribution in [1.29, 1.82) is 0 Å². The summed E-state index contributed by atoms with van der Waals surface area (Å²) in [5, 5.41) is 5.47. The molecule has 0 unspecified atom stereocenters.